The molecule has 3 atom stereocenters. The van der Waals surface area contributed by atoms with Crippen LogP contribution in [0, 0.1) is 22.7 Å². The smallest absolute Gasteiger partial charge is 0.0285 e. The Morgan fingerprint density at radius 1 is 1.33 bits per heavy atom. The zero-order valence-corrected chi connectivity index (χ0v) is 15.5. The van der Waals surface area contributed by atoms with E-state index in [1.165, 1.54) is 54.3 Å². The first-order valence-corrected chi connectivity index (χ1v) is 10.1. The summed E-state index contributed by atoms with van der Waals surface area (Å²) in [7, 11) is 2.19. The molecule has 1 aromatic heterocycles. The fourth-order valence-electron chi connectivity index (χ4n) is 6.49. The molecule has 4 saturated carbocycles. The van der Waals surface area contributed by atoms with Crippen molar-refractivity contribution in [2.75, 3.05) is 7.05 Å². The molecular weight excluding hydrogens is 342 g/mol. The van der Waals surface area contributed by atoms with Gasteiger partial charge in [0.1, 0.15) is 0 Å². The summed E-state index contributed by atoms with van der Waals surface area (Å²) in [6.07, 6.45) is 10.2. The number of halogens is 1. The minimum absolute atomic E-state index is 0.573. The number of hydrogen-bond acceptors (Lipinski definition) is 2. The molecular formula is C18H26BrNS. The molecule has 4 aliphatic carbocycles. The van der Waals surface area contributed by atoms with Crippen LogP contribution in [0.25, 0.3) is 0 Å². The lowest BCUT2D eigenvalue weighted by atomic mass is 9.43. The average molecular weight is 368 g/mol. The van der Waals surface area contributed by atoms with Crippen LogP contribution in [0.1, 0.15) is 50.3 Å². The van der Waals surface area contributed by atoms with Gasteiger partial charge in [0.15, 0.2) is 0 Å². The Labute approximate surface area is 141 Å². The second-order valence-electron chi connectivity index (χ2n) is 8.41. The highest BCUT2D eigenvalue weighted by atomic mass is 79.9. The van der Waals surface area contributed by atoms with Crippen LogP contribution < -0.4 is 5.32 Å². The topological polar surface area (TPSA) is 12.0 Å². The zero-order chi connectivity index (χ0) is 14.7. The molecule has 3 heteroatoms. The van der Waals surface area contributed by atoms with Crippen LogP contribution in [0.15, 0.2) is 15.9 Å². The maximum absolute atomic E-state index is 3.73. The van der Waals surface area contributed by atoms with E-state index in [1.807, 2.05) is 11.3 Å². The van der Waals surface area contributed by atoms with Crippen LogP contribution in [0.3, 0.4) is 0 Å². The fourth-order valence-corrected chi connectivity index (χ4v) is 7.99. The number of likely N-dealkylation sites (N-methyl/N-ethyl adjacent to an activating group) is 1. The van der Waals surface area contributed by atoms with Crippen molar-refractivity contribution in [1.29, 1.82) is 0 Å². The first-order chi connectivity index (χ1) is 10.0. The molecule has 5 rings (SSSR count). The molecule has 4 fully saturated rings. The lowest BCUT2D eigenvalue weighted by Gasteiger charge is -2.63. The molecule has 3 unspecified atom stereocenters. The quantitative estimate of drug-likeness (QED) is 0.766. The predicted octanol–water partition coefficient (Wildman–Crippen LogP) is 5.25. The Hall–Kier alpha value is 0.140. The van der Waals surface area contributed by atoms with Crippen molar-refractivity contribution >= 4 is 27.3 Å². The van der Waals surface area contributed by atoms with Crippen molar-refractivity contribution in [3.63, 3.8) is 0 Å². The summed E-state index contributed by atoms with van der Waals surface area (Å²) in [4.78, 5) is 1.53. The van der Waals surface area contributed by atoms with Gasteiger partial charge < -0.3 is 5.32 Å². The third-order valence-electron chi connectivity index (χ3n) is 6.51. The van der Waals surface area contributed by atoms with E-state index in [0.717, 1.165) is 11.8 Å². The standard InChI is InChI=1S/C18H26BrNS/c1-17-6-12-3-13(7-17)9-18(8-12,11-17)16(20-2)5-15-4-14(19)10-21-15/h4,10,12-13,16,20H,3,5-9,11H2,1-2H3. The predicted molar refractivity (Wildman–Crippen MR) is 93.8 cm³/mol. The monoisotopic (exact) mass is 367 g/mol. The van der Waals surface area contributed by atoms with Gasteiger partial charge in [0, 0.05) is 20.8 Å². The highest BCUT2D eigenvalue weighted by molar-refractivity contribution is 9.10. The van der Waals surface area contributed by atoms with Crippen LogP contribution in [-0.2, 0) is 6.42 Å². The Balaban J connectivity index is 1.60. The minimum Gasteiger partial charge on any atom is -0.316 e. The number of rotatable bonds is 4. The summed E-state index contributed by atoms with van der Waals surface area (Å²) in [5.74, 6) is 2.03. The summed E-state index contributed by atoms with van der Waals surface area (Å²) in [5.41, 5.74) is 1.22. The first kappa shape index (κ1) is 14.7. The van der Waals surface area contributed by atoms with E-state index in [0.29, 0.717) is 16.9 Å². The van der Waals surface area contributed by atoms with Crippen LogP contribution in [0.5, 0.6) is 0 Å². The second-order valence-corrected chi connectivity index (χ2v) is 10.3. The van der Waals surface area contributed by atoms with E-state index in [2.05, 4.69) is 46.7 Å². The van der Waals surface area contributed by atoms with Gasteiger partial charge in [-0.15, -0.1) is 11.3 Å². The van der Waals surface area contributed by atoms with E-state index >= 15 is 0 Å². The Bertz CT molecular complexity index is 523. The molecule has 0 amide bonds. The molecule has 0 radical (unpaired) electrons. The SMILES string of the molecule is CNC(Cc1cc(Br)cs1)C12CC3CC(CC(C)(C3)C1)C2. The van der Waals surface area contributed by atoms with Crippen LogP contribution in [0.4, 0.5) is 0 Å². The lowest BCUT2D eigenvalue weighted by Crippen LogP contribution is -2.58. The summed E-state index contributed by atoms with van der Waals surface area (Å²) in [6.45, 7) is 2.58. The fraction of sp³-hybridized carbons (Fsp3) is 0.778. The summed E-state index contributed by atoms with van der Waals surface area (Å²) in [6, 6.07) is 2.98. The molecule has 0 spiro atoms. The maximum atomic E-state index is 3.73. The summed E-state index contributed by atoms with van der Waals surface area (Å²) in [5, 5.41) is 5.95. The van der Waals surface area contributed by atoms with Crippen molar-refractivity contribution in [2.24, 2.45) is 22.7 Å². The van der Waals surface area contributed by atoms with Crippen LogP contribution in [0.2, 0.25) is 0 Å². The van der Waals surface area contributed by atoms with Crippen molar-refractivity contribution in [3.05, 3.63) is 20.8 Å². The Morgan fingerprint density at radius 2 is 2.05 bits per heavy atom. The van der Waals surface area contributed by atoms with E-state index in [-0.39, 0.29) is 0 Å². The molecule has 1 nitrogen and oxygen atoms in total. The summed E-state index contributed by atoms with van der Waals surface area (Å²) >= 11 is 5.52. The minimum atomic E-state index is 0.573. The molecule has 0 saturated heterocycles. The third-order valence-corrected chi connectivity index (χ3v) is 8.23. The molecule has 0 aliphatic heterocycles. The van der Waals surface area contributed by atoms with E-state index in [4.69, 9.17) is 0 Å². The lowest BCUT2D eigenvalue weighted by molar-refractivity contribution is -0.117. The Morgan fingerprint density at radius 3 is 2.57 bits per heavy atom. The second kappa shape index (κ2) is 5.07. The normalized spacial score (nSPS) is 42.4. The molecule has 4 bridgehead atoms. The van der Waals surface area contributed by atoms with Gasteiger partial charge in [0.2, 0.25) is 0 Å². The average Bonchev–Trinajstić information content (AvgIpc) is 2.78. The van der Waals surface area contributed by atoms with Gasteiger partial charge >= 0.3 is 0 Å². The number of nitrogens with one attached hydrogen (secondary N) is 1. The largest absolute Gasteiger partial charge is 0.316 e. The highest BCUT2D eigenvalue weighted by Crippen LogP contribution is 2.66. The van der Waals surface area contributed by atoms with E-state index in [9.17, 15) is 0 Å². The van der Waals surface area contributed by atoms with Crippen molar-refractivity contribution in [2.45, 2.75) is 57.9 Å². The van der Waals surface area contributed by atoms with E-state index in [1.54, 1.807) is 0 Å². The Kier molecular flexibility index (Phi) is 3.55. The van der Waals surface area contributed by atoms with Gasteiger partial charge in [-0.25, -0.2) is 0 Å². The number of thiophene rings is 1. The summed E-state index contributed by atoms with van der Waals surface area (Å²) < 4.78 is 1.25. The molecule has 1 aromatic rings. The van der Waals surface area contributed by atoms with Gasteiger partial charge in [0.25, 0.3) is 0 Å². The van der Waals surface area contributed by atoms with Gasteiger partial charge in [-0.3, -0.25) is 0 Å². The molecule has 1 heterocycles. The maximum Gasteiger partial charge on any atom is 0.0285 e. The van der Waals surface area contributed by atoms with Crippen molar-refractivity contribution in [3.8, 4) is 0 Å². The molecule has 4 aliphatic rings. The highest BCUT2D eigenvalue weighted by Gasteiger charge is 2.57. The zero-order valence-electron chi connectivity index (χ0n) is 13.1. The molecule has 116 valence electrons. The van der Waals surface area contributed by atoms with Crippen molar-refractivity contribution in [1.82, 2.24) is 5.32 Å². The van der Waals surface area contributed by atoms with E-state index < -0.39 is 0 Å². The van der Waals surface area contributed by atoms with Crippen LogP contribution >= 0.6 is 27.3 Å². The first-order valence-electron chi connectivity index (χ1n) is 8.40. The third kappa shape index (κ3) is 2.53. The van der Waals surface area contributed by atoms with Gasteiger partial charge in [-0.05, 0) is 96.7 Å². The van der Waals surface area contributed by atoms with Crippen LogP contribution in [-0.4, -0.2) is 13.1 Å². The number of hydrogen-bond donors (Lipinski definition) is 1. The van der Waals surface area contributed by atoms with Crippen molar-refractivity contribution < 1.29 is 0 Å². The molecule has 21 heavy (non-hydrogen) atoms. The van der Waals surface area contributed by atoms with Gasteiger partial charge in [-0.1, -0.05) is 6.92 Å². The van der Waals surface area contributed by atoms with Gasteiger partial charge in [-0.2, -0.15) is 0 Å². The molecule has 0 aromatic carbocycles. The molecule has 1 N–H and O–H groups in total. The van der Waals surface area contributed by atoms with Gasteiger partial charge in [0.05, 0.1) is 0 Å².